The third-order valence-corrected chi connectivity index (χ3v) is 5.88. The van der Waals surface area contributed by atoms with E-state index in [2.05, 4.69) is 6.92 Å². The van der Waals surface area contributed by atoms with E-state index in [0.29, 0.717) is 6.10 Å². The van der Waals surface area contributed by atoms with Gasteiger partial charge in [0, 0.05) is 26.6 Å². The number of ether oxygens (including phenoxy) is 1. The fourth-order valence-electron chi connectivity index (χ4n) is 4.28. The van der Waals surface area contributed by atoms with Crippen LogP contribution in [0.25, 0.3) is 0 Å². The van der Waals surface area contributed by atoms with Crippen molar-refractivity contribution < 1.29 is 9.53 Å². The van der Waals surface area contributed by atoms with Gasteiger partial charge in [0.05, 0.1) is 6.10 Å². The Labute approximate surface area is 143 Å². The van der Waals surface area contributed by atoms with Gasteiger partial charge in [-0.15, -0.1) is 0 Å². The van der Waals surface area contributed by atoms with Crippen molar-refractivity contribution in [2.24, 2.45) is 11.8 Å². The highest BCUT2D eigenvalue weighted by Crippen LogP contribution is 2.32. The molecule has 0 aromatic heterocycles. The number of nitrogens with zero attached hydrogens (tertiary/aromatic N) is 1. The molecule has 3 heteroatoms. The third-order valence-electron chi connectivity index (χ3n) is 5.88. The van der Waals surface area contributed by atoms with Gasteiger partial charge in [-0.1, -0.05) is 32.6 Å². The topological polar surface area (TPSA) is 29.5 Å². The first-order valence-corrected chi connectivity index (χ1v) is 10.1. The normalized spacial score (nSPS) is 25.9. The summed E-state index contributed by atoms with van der Waals surface area (Å²) in [5.41, 5.74) is 0. The lowest BCUT2D eigenvalue weighted by Gasteiger charge is -2.31. The quantitative estimate of drug-likeness (QED) is 0.571. The van der Waals surface area contributed by atoms with E-state index in [1.807, 2.05) is 4.90 Å². The zero-order chi connectivity index (χ0) is 16.5. The van der Waals surface area contributed by atoms with Gasteiger partial charge in [0.15, 0.2) is 0 Å². The fourth-order valence-corrected chi connectivity index (χ4v) is 4.28. The summed E-state index contributed by atoms with van der Waals surface area (Å²) in [6.45, 7) is 6.83. The minimum absolute atomic E-state index is 0.238. The fraction of sp³-hybridized carbons (Fsp3) is 0.950. The second kappa shape index (κ2) is 10.3. The van der Waals surface area contributed by atoms with Crippen LogP contribution in [0.5, 0.6) is 0 Å². The maximum atomic E-state index is 11.3. The first-order valence-electron chi connectivity index (χ1n) is 10.1. The van der Waals surface area contributed by atoms with Crippen molar-refractivity contribution in [2.45, 2.75) is 90.6 Å². The molecule has 1 aliphatic heterocycles. The molecule has 1 amide bonds. The van der Waals surface area contributed by atoms with Crippen LogP contribution >= 0.6 is 0 Å². The number of piperidine rings is 1. The molecular weight excluding hydrogens is 286 g/mol. The summed E-state index contributed by atoms with van der Waals surface area (Å²) in [6.07, 6.45) is 14.9. The molecule has 1 heterocycles. The number of amides is 1. The summed E-state index contributed by atoms with van der Waals surface area (Å²) in [7, 11) is 0. The van der Waals surface area contributed by atoms with Crippen LogP contribution in [0.3, 0.4) is 0 Å². The molecule has 2 aliphatic rings. The minimum Gasteiger partial charge on any atom is -0.378 e. The molecule has 2 atom stereocenters. The lowest BCUT2D eigenvalue weighted by molar-refractivity contribution is -0.130. The Kier molecular flexibility index (Phi) is 8.43. The van der Waals surface area contributed by atoms with Crippen LogP contribution in [0.4, 0.5) is 0 Å². The van der Waals surface area contributed by atoms with E-state index in [-0.39, 0.29) is 5.91 Å². The van der Waals surface area contributed by atoms with Crippen LogP contribution in [0.15, 0.2) is 0 Å². The van der Waals surface area contributed by atoms with Gasteiger partial charge >= 0.3 is 0 Å². The third kappa shape index (κ3) is 6.82. The molecule has 0 spiro atoms. The molecule has 2 rings (SSSR count). The number of hydrogen-bond donors (Lipinski definition) is 0. The zero-order valence-corrected chi connectivity index (χ0v) is 15.4. The van der Waals surface area contributed by atoms with Gasteiger partial charge < -0.3 is 9.64 Å². The van der Waals surface area contributed by atoms with Gasteiger partial charge in [-0.3, -0.25) is 4.79 Å². The van der Waals surface area contributed by atoms with E-state index < -0.39 is 0 Å². The number of hydrogen-bond acceptors (Lipinski definition) is 2. The highest BCUT2D eigenvalue weighted by atomic mass is 16.5. The molecule has 134 valence electrons. The average Bonchev–Trinajstić information content (AvgIpc) is 3.00. The predicted molar refractivity (Wildman–Crippen MR) is 95.4 cm³/mol. The first kappa shape index (κ1) is 18.8. The van der Waals surface area contributed by atoms with Gasteiger partial charge in [0.25, 0.3) is 0 Å². The van der Waals surface area contributed by atoms with E-state index in [1.54, 1.807) is 6.92 Å². The van der Waals surface area contributed by atoms with Crippen molar-refractivity contribution in [3.8, 4) is 0 Å². The average molecular weight is 324 g/mol. The second-order valence-corrected chi connectivity index (χ2v) is 7.76. The number of carbonyl (C=O) groups excluding carboxylic acids is 1. The Bertz CT molecular complexity index is 337. The maximum Gasteiger partial charge on any atom is 0.219 e. The minimum atomic E-state index is 0.238. The standard InChI is InChI=1S/C20H37NO2/c1-3-4-5-7-19-9-10-20(16-19)23-15-6-8-18-11-13-21(14-12-18)17(2)22/h18-20H,3-16H2,1-2H3. The van der Waals surface area contributed by atoms with Crippen LogP contribution in [-0.2, 0) is 9.53 Å². The number of likely N-dealkylation sites (tertiary alicyclic amines) is 1. The molecule has 2 unspecified atom stereocenters. The lowest BCUT2D eigenvalue weighted by Crippen LogP contribution is -2.37. The summed E-state index contributed by atoms with van der Waals surface area (Å²) in [6, 6.07) is 0. The first-order chi connectivity index (χ1) is 11.2. The lowest BCUT2D eigenvalue weighted by atomic mass is 9.92. The van der Waals surface area contributed by atoms with Gasteiger partial charge in [-0.05, 0) is 56.8 Å². The van der Waals surface area contributed by atoms with Crippen molar-refractivity contribution in [3.63, 3.8) is 0 Å². The molecule has 0 aromatic rings. The summed E-state index contributed by atoms with van der Waals surface area (Å²) in [5.74, 6) is 1.98. The molecular formula is C20H37NO2. The highest BCUT2D eigenvalue weighted by Gasteiger charge is 2.25. The maximum absolute atomic E-state index is 11.3. The molecule has 1 saturated heterocycles. The molecule has 0 aromatic carbocycles. The number of unbranched alkanes of at least 4 members (excludes halogenated alkanes) is 2. The Morgan fingerprint density at radius 3 is 2.43 bits per heavy atom. The Morgan fingerprint density at radius 2 is 1.74 bits per heavy atom. The predicted octanol–water partition coefficient (Wildman–Crippen LogP) is 4.79. The smallest absolute Gasteiger partial charge is 0.219 e. The second-order valence-electron chi connectivity index (χ2n) is 7.76. The summed E-state index contributed by atoms with van der Waals surface area (Å²) in [5, 5.41) is 0. The number of rotatable bonds is 9. The van der Waals surface area contributed by atoms with E-state index in [4.69, 9.17) is 4.74 Å². The molecule has 2 fully saturated rings. The van der Waals surface area contributed by atoms with Gasteiger partial charge in [-0.2, -0.15) is 0 Å². The number of carbonyl (C=O) groups is 1. The summed E-state index contributed by atoms with van der Waals surface area (Å²) < 4.78 is 6.13. The Balaban J connectivity index is 1.48. The van der Waals surface area contributed by atoms with E-state index in [0.717, 1.165) is 31.5 Å². The SMILES string of the molecule is CCCCCC1CCC(OCCCC2CCN(C(C)=O)CC2)C1. The highest BCUT2D eigenvalue weighted by molar-refractivity contribution is 5.73. The van der Waals surface area contributed by atoms with Gasteiger partial charge in [0.1, 0.15) is 0 Å². The molecule has 0 N–H and O–H groups in total. The van der Waals surface area contributed by atoms with Crippen LogP contribution in [0.1, 0.15) is 84.5 Å². The summed E-state index contributed by atoms with van der Waals surface area (Å²) >= 11 is 0. The van der Waals surface area contributed by atoms with Crippen LogP contribution in [0, 0.1) is 11.8 Å². The molecule has 1 saturated carbocycles. The Hall–Kier alpha value is -0.570. The van der Waals surface area contributed by atoms with Crippen molar-refractivity contribution >= 4 is 5.91 Å². The van der Waals surface area contributed by atoms with Crippen LogP contribution in [-0.4, -0.2) is 36.6 Å². The zero-order valence-electron chi connectivity index (χ0n) is 15.4. The van der Waals surface area contributed by atoms with Crippen LogP contribution in [0.2, 0.25) is 0 Å². The van der Waals surface area contributed by atoms with Gasteiger partial charge in [-0.25, -0.2) is 0 Å². The van der Waals surface area contributed by atoms with Crippen molar-refractivity contribution in [3.05, 3.63) is 0 Å². The Morgan fingerprint density at radius 1 is 1.00 bits per heavy atom. The van der Waals surface area contributed by atoms with Crippen LogP contribution < -0.4 is 0 Å². The van der Waals surface area contributed by atoms with Crippen molar-refractivity contribution in [1.82, 2.24) is 4.90 Å². The van der Waals surface area contributed by atoms with Crippen molar-refractivity contribution in [1.29, 1.82) is 0 Å². The summed E-state index contributed by atoms with van der Waals surface area (Å²) in [4.78, 5) is 13.3. The van der Waals surface area contributed by atoms with Crippen molar-refractivity contribution in [2.75, 3.05) is 19.7 Å². The van der Waals surface area contributed by atoms with E-state index in [9.17, 15) is 4.79 Å². The largest absolute Gasteiger partial charge is 0.378 e. The van der Waals surface area contributed by atoms with Gasteiger partial charge in [0.2, 0.25) is 5.91 Å². The van der Waals surface area contributed by atoms with E-state index >= 15 is 0 Å². The molecule has 3 nitrogen and oxygen atoms in total. The molecule has 23 heavy (non-hydrogen) atoms. The molecule has 0 radical (unpaired) electrons. The molecule has 1 aliphatic carbocycles. The van der Waals surface area contributed by atoms with E-state index in [1.165, 1.54) is 70.6 Å². The molecule has 0 bridgehead atoms. The monoisotopic (exact) mass is 323 g/mol.